The second-order valence-electron chi connectivity index (χ2n) is 3.45. The fraction of sp³-hybridized carbons (Fsp3) is 0.778. The van der Waals surface area contributed by atoms with Crippen LogP contribution in [0.5, 0.6) is 0 Å². The molecule has 0 aromatic rings. The predicted octanol–water partition coefficient (Wildman–Crippen LogP) is 0.152. The number of guanidine groups is 1. The van der Waals surface area contributed by atoms with Gasteiger partial charge in [0.25, 0.3) is 0 Å². The van der Waals surface area contributed by atoms with Crippen LogP contribution in [0, 0.1) is 11.5 Å². The monoisotopic (exact) mass is 196 g/mol. The van der Waals surface area contributed by atoms with Gasteiger partial charge < -0.3 is 9.64 Å². The lowest BCUT2D eigenvalue weighted by Crippen LogP contribution is -2.51. The zero-order valence-electron chi connectivity index (χ0n) is 8.82. The number of rotatable bonds is 0. The van der Waals surface area contributed by atoms with Gasteiger partial charge in [-0.05, 0) is 13.8 Å². The molecule has 1 N–H and O–H groups in total. The molecule has 1 fully saturated rings. The molecular weight excluding hydrogens is 180 g/mol. The number of nitrogens with zero attached hydrogens (tertiary/aromatic N) is 3. The molecule has 0 unspecified atom stereocenters. The van der Waals surface area contributed by atoms with Crippen LogP contribution in [0.4, 0.5) is 0 Å². The second-order valence-corrected chi connectivity index (χ2v) is 3.45. The van der Waals surface area contributed by atoms with Gasteiger partial charge in [-0.1, -0.05) is 0 Å². The lowest BCUT2D eigenvalue weighted by atomic mass is 10.2. The van der Waals surface area contributed by atoms with E-state index in [1.807, 2.05) is 24.9 Å². The quantitative estimate of drug-likeness (QED) is 0.259. The average Bonchev–Trinajstić information content (AvgIpc) is 2.12. The van der Waals surface area contributed by atoms with Crippen LogP contribution < -0.4 is 5.32 Å². The highest BCUT2D eigenvalue weighted by atomic mass is 16.5. The molecule has 1 aliphatic rings. The maximum absolute atomic E-state index is 8.53. The summed E-state index contributed by atoms with van der Waals surface area (Å²) >= 11 is 0. The first-order valence-corrected chi connectivity index (χ1v) is 4.69. The summed E-state index contributed by atoms with van der Waals surface area (Å²) in [4.78, 5) is 6.05. The van der Waals surface area contributed by atoms with Gasteiger partial charge in [0.05, 0.1) is 12.2 Å². The van der Waals surface area contributed by atoms with E-state index < -0.39 is 0 Å². The van der Waals surface area contributed by atoms with Crippen molar-refractivity contribution in [2.75, 3.05) is 20.1 Å². The number of aliphatic imine (C=N–C) groups is 1. The summed E-state index contributed by atoms with van der Waals surface area (Å²) in [6, 6.07) is 0. The van der Waals surface area contributed by atoms with Crippen LogP contribution in [0.3, 0.4) is 0 Å². The third-order valence-electron chi connectivity index (χ3n) is 2.10. The lowest BCUT2D eigenvalue weighted by Gasteiger charge is -2.36. The Morgan fingerprint density at radius 3 is 2.50 bits per heavy atom. The first-order valence-electron chi connectivity index (χ1n) is 4.69. The van der Waals surface area contributed by atoms with Crippen molar-refractivity contribution in [3.8, 4) is 6.19 Å². The number of hydrogen-bond acceptors (Lipinski definition) is 3. The molecule has 0 saturated carbocycles. The van der Waals surface area contributed by atoms with E-state index in [9.17, 15) is 0 Å². The second kappa shape index (κ2) is 4.82. The van der Waals surface area contributed by atoms with Crippen LogP contribution in [0.2, 0.25) is 0 Å². The standard InChI is InChI=1S/C9H16N4O/c1-7-4-13(5-8(2)14-7)9(11-3)12-6-10/h7-8H,4-5H2,1-3H3,(H,11,12)/t7-,8+. The average molecular weight is 196 g/mol. The molecule has 0 bridgehead atoms. The Labute approximate surface area is 84.4 Å². The van der Waals surface area contributed by atoms with E-state index in [1.165, 1.54) is 0 Å². The first kappa shape index (κ1) is 10.8. The molecule has 1 saturated heterocycles. The summed E-state index contributed by atoms with van der Waals surface area (Å²) in [5.74, 6) is 0.620. The fourth-order valence-corrected chi connectivity index (χ4v) is 1.68. The molecule has 14 heavy (non-hydrogen) atoms. The van der Waals surface area contributed by atoms with Crippen LogP contribution >= 0.6 is 0 Å². The Morgan fingerprint density at radius 1 is 1.50 bits per heavy atom. The highest BCUT2D eigenvalue weighted by Crippen LogP contribution is 2.10. The van der Waals surface area contributed by atoms with Gasteiger partial charge in [0, 0.05) is 20.1 Å². The summed E-state index contributed by atoms with van der Waals surface area (Å²) in [6.07, 6.45) is 2.24. The normalized spacial score (nSPS) is 28.4. The largest absolute Gasteiger partial charge is 0.372 e. The van der Waals surface area contributed by atoms with E-state index in [4.69, 9.17) is 10.00 Å². The molecule has 0 aromatic heterocycles. The predicted molar refractivity (Wildman–Crippen MR) is 53.7 cm³/mol. The van der Waals surface area contributed by atoms with Crippen molar-refractivity contribution >= 4 is 5.96 Å². The van der Waals surface area contributed by atoms with E-state index in [2.05, 4.69) is 10.3 Å². The van der Waals surface area contributed by atoms with Crippen LogP contribution in [0.25, 0.3) is 0 Å². The molecule has 0 radical (unpaired) electrons. The lowest BCUT2D eigenvalue weighted by molar-refractivity contribution is -0.0487. The van der Waals surface area contributed by atoms with E-state index >= 15 is 0 Å². The highest BCUT2D eigenvalue weighted by Gasteiger charge is 2.24. The van der Waals surface area contributed by atoms with Crippen LogP contribution in [0.15, 0.2) is 4.99 Å². The van der Waals surface area contributed by atoms with Gasteiger partial charge in [0.1, 0.15) is 0 Å². The van der Waals surface area contributed by atoms with Gasteiger partial charge in [-0.25, -0.2) is 0 Å². The van der Waals surface area contributed by atoms with Crippen molar-refractivity contribution in [1.29, 1.82) is 5.26 Å². The molecule has 5 nitrogen and oxygen atoms in total. The third kappa shape index (κ3) is 2.60. The zero-order valence-corrected chi connectivity index (χ0v) is 8.82. The highest BCUT2D eigenvalue weighted by molar-refractivity contribution is 5.81. The Kier molecular flexibility index (Phi) is 3.72. The minimum atomic E-state index is 0.177. The summed E-state index contributed by atoms with van der Waals surface area (Å²) < 4.78 is 5.58. The molecule has 0 amide bonds. The van der Waals surface area contributed by atoms with E-state index in [0.29, 0.717) is 5.96 Å². The van der Waals surface area contributed by atoms with Crippen molar-refractivity contribution in [2.45, 2.75) is 26.1 Å². The van der Waals surface area contributed by atoms with Crippen molar-refractivity contribution < 1.29 is 4.74 Å². The summed E-state index contributed by atoms with van der Waals surface area (Å²) in [5, 5.41) is 11.1. The molecule has 1 aliphatic heterocycles. The van der Waals surface area contributed by atoms with Gasteiger partial charge in [-0.15, -0.1) is 0 Å². The van der Waals surface area contributed by atoms with Crippen LogP contribution in [-0.2, 0) is 4.74 Å². The Balaban J connectivity index is 2.62. The Bertz CT molecular complexity index is 248. The third-order valence-corrected chi connectivity index (χ3v) is 2.10. The summed E-state index contributed by atoms with van der Waals surface area (Å²) in [7, 11) is 1.67. The Morgan fingerprint density at radius 2 is 2.07 bits per heavy atom. The molecular formula is C9H16N4O. The summed E-state index contributed by atoms with van der Waals surface area (Å²) in [5.41, 5.74) is 0. The fourth-order valence-electron chi connectivity index (χ4n) is 1.68. The molecule has 1 heterocycles. The van der Waals surface area contributed by atoms with Crippen molar-refractivity contribution in [2.24, 2.45) is 4.99 Å². The van der Waals surface area contributed by atoms with Gasteiger partial charge in [-0.2, -0.15) is 5.26 Å². The van der Waals surface area contributed by atoms with Crippen molar-refractivity contribution in [3.05, 3.63) is 0 Å². The number of morpholine rings is 1. The molecule has 2 atom stereocenters. The molecule has 1 rings (SSSR count). The van der Waals surface area contributed by atoms with E-state index in [0.717, 1.165) is 13.1 Å². The number of hydrogen-bond donors (Lipinski definition) is 1. The SMILES string of the molecule is CN=C(NC#N)N1C[C@@H](C)O[C@@H](C)C1. The van der Waals surface area contributed by atoms with Gasteiger partial charge in [0.2, 0.25) is 5.96 Å². The van der Waals surface area contributed by atoms with Gasteiger partial charge >= 0.3 is 0 Å². The first-order chi connectivity index (χ1) is 6.67. The van der Waals surface area contributed by atoms with Crippen LogP contribution in [-0.4, -0.2) is 43.2 Å². The van der Waals surface area contributed by atoms with Crippen molar-refractivity contribution in [1.82, 2.24) is 10.2 Å². The molecule has 78 valence electrons. The molecule has 5 heteroatoms. The number of ether oxygens (including phenoxy) is 1. The molecule has 0 aromatic carbocycles. The van der Waals surface area contributed by atoms with Crippen molar-refractivity contribution in [3.63, 3.8) is 0 Å². The van der Waals surface area contributed by atoms with Gasteiger partial charge in [0.15, 0.2) is 6.19 Å². The number of nitrogens with one attached hydrogen (secondary N) is 1. The van der Waals surface area contributed by atoms with E-state index in [1.54, 1.807) is 7.05 Å². The topological polar surface area (TPSA) is 60.7 Å². The van der Waals surface area contributed by atoms with Crippen LogP contribution in [0.1, 0.15) is 13.8 Å². The minimum Gasteiger partial charge on any atom is -0.372 e. The molecule has 0 spiro atoms. The minimum absolute atomic E-state index is 0.177. The summed E-state index contributed by atoms with van der Waals surface area (Å²) in [6.45, 7) is 5.57. The smallest absolute Gasteiger partial charge is 0.207 e. The maximum Gasteiger partial charge on any atom is 0.207 e. The molecule has 0 aliphatic carbocycles. The Hall–Kier alpha value is -1.28. The zero-order chi connectivity index (χ0) is 10.6. The number of nitriles is 1. The maximum atomic E-state index is 8.53. The van der Waals surface area contributed by atoms with Gasteiger partial charge in [-0.3, -0.25) is 10.3 Å². The van der Waals surface area contributed by atoms with E-state index in [-0.39, 0.29) is 12.2 Å².